The number of nitrogens with one attached hydrogen (secondary N) is 3. The summed E-state index contributed by atoms with van der Waals surface area (Å²) in [6.45, 7) is 4.20. The molecule has 0 amide bonds. The second-order valence-corrected chi connectivity index (χ2v) is 7.72. The van der Waals surface area contributed by atoms with Gasteiger partial charge in [0.05, 0.1) is 5.52 Å². The summed E-state index contributed by atoms with van der Waals surface area (Å²) in [5, 5.41) is 6.31. The zero-order valence-corrected chi connectivity index (χ0v) is 17.0. The Morgan fingerprint density at radius 3 is 2.67 bits per heavy atom. The van der Waals surface area contributed by atoms with E-state index in [1.54, 1.807) is 0 Å². The Morgan fingerprint density at radius 1 is 0.967 bits per heavy atom. The number of aryl methyl sites for hydroxylation is 4. The zero-order chi connectivity index (χ0) is 20.7. The minimum absolute atomic E-state index is 0.480. The van der Waals surface area contributed by atoms with Gasteiger partial charge in [-0.15, -0.1) is 10.6 Å². The van der Waals surface area contributed by atoms with Gasteiger partial charge in [-0.1, -0.05) is 24.3 Å². The second kappa shape index (κ2) is 7.27. The maximum Gasteiger partial charge on any atom is 0.170 e. The van der Waals surface area contributed by atoms with E-state index >= 15 is 0 Å². The fourth-order valence-corrected chi connectivity index (χ4v) is 3.94. The molecule has 5 rings (SSSR count). The molecule has 0 spiro atoms. The molecule has 0 unspecified atom stereocenters. The van der Waals surface area contributed by atoms with E-state index in [4.69, 9.17) is 5.73 Å². The highest BCUT2D eigenvalue weighted by molar-refractivity contribution is 6.08. The van der Waals surface area contributed by atoms with Crippen LogP contribution in [0.15, 0.2) is 53.8 Å². The number of aromatic nitrogens is 2. The molecule has 2 aromatic heterocycles. The third-order valence-electron chi connectivity index (χ3n) is 5.57. The minimum atomic E-state index is 0.480. The van der Waals surface area contributed by atoms with Gasteiger partial charge in [0.15, 0.2) is 11.7 Å². The number of hydrogen-bond acceptors (Lipinski definition) is 7. The first-order chi connectivity index (χ1) is 14.6. The smallest absolute Gasteiger partial charge is 0.170 e. The van der Waals surface area contributed by atoms with Crippen LogP contribution in [0.4, 0.5) is 5.82 Å². The van der Waals surface area contributed by atoms with Gasteiger partial charge in [0, 0.05) is 22.5 Å². The van der Waals surface area contributed by atoms with E-state index in [2.05, 4.69) is 87.9 Å². The quantitative estimate of drug-likeness (QED) is 0.395. The maximum absolute atomic E-state index is 6.18. The molecule has 0 saturated heterocycles. The molecule has 1 aliphatic rings. The number of hydrogen-bond donors (Lipinski definition) is 4. The van der Waals surface area contributed by atoms with Gasteiger partial charge in [-0.05, 0) is 67.1 Å². The van der Waals surface area contributed by atoms with Gasteiger partial charge in [-0.25, -0.2) is 10.5 Å². The number of fused-ring (bicyclic) bond motifs is 3. The van der Waals surface area contributed by atoms with Gasteiger partial charge in [0.1, 0.15) is 5.52 Å². The summed E-state index contributed by atoms with van der Waals surface area (Å²) in [6, 6.07) is 14.9. The molecule has 5 N–H and O–H groups in total. The summed E-state index contributed by atoms with van der Waals surface area (Å²) in [5.74, 6) is 1.27. The van der Waals surface area contributed by atoms with E-state index < -0.39 is 0 Å². The number of benzene rings is 2. The van der Waals surface area contributed by atoms with Crippen molar-refractivity contribution in [3.05, 3.63) is 76.5 Å². The summed E-state index contributed by atoms with van der Waals surface area (Å²) in [4.78, 5) is 9.16. The van der Waals surface area contributed by atoms with Crippen molar-refractivity contribution in [3.8, 4) is 0 Å². The molecule has 0 bridgehead atoms. The number of nitrogen functional groups attached to an aromatic ring is 1. The van der Waals surface area contributed by atoms with Crippen molar-refractivity contribution in [2.75, 3.05) is 5.73 Å². The van der Waals surface area contributed by atoms with Crippen molar-refractivity contribution in [2.24, 2.45) is 5.10 Å². The molecule has 3 heterocycles. The summed E-state index contributed by atoms with van der Waals surface area (Å²) in [6.07, 6.45) is 3.76. The number of rotatable bonds is 4. The Balaban J connectivity index is 1.44. The van der Waals surface area contributed by atoms with Gasteiger partial charge in [-0.2, -0.15) is 0 Å². The topological polar surface area (TPSA) is 100 Å². The molecular weight excluding hydrogens is 374 g/mol. The maximum atomic E-state index is 6.18. The van der Waals surface area contributed by atoms with Gasteiger partial charge >= 0.3 is 0 Å². The van der Waals surface area contributed by atoms with Crippen molar-refractivity contribution in [1.29, 1.82) is 0 Å². The lowest BCUT2D eigenvalue weighted by atomic mass is 9.98. The number of amidine groups is 1. The Morgan fingerprint density at radius 2 is 1.87 bits per heavy atom. The standard InChI is InChI=1S/C23H23N7/c1-13-3-8-18-19-11-15(12-25-21(19)22(24)26-20(18)9-13)4-5-16-6-7-17(10-14(16)2)23-27-29-30-28-23/h3,6-12,29-30H,4-5H2,1-2H3,(H2,24,26)(H,27,28). The van der Waals surface area contributed by atoms with E-state index in [1.807, 2.05) is 6.20 Å². The van der Waals surface area contributed by atoms with E-state index in [0.29, 0.717) is 5.82 Å². The molecule has 0 aliphatic carbocycles. The van der Waals surface area contributed by atoms with E-state index in [0.717, 1.165) is 46.0 Å². The fourth-order valence-electron chi connectivity index (χ4n) is 3.94. The summed E-state index contributed by atoms with van der Waals surface area (Å²) >= 11 is 0. The monoisotopic (exact) mass is 397 g/mol. The molecule has 7 nitrogen and oxygen atoms in total. The second-order valence-electron chi connectivity index (χ2n) is 7.72. The average molecular weight is 397 g/mol. The lowest BCUT2D eigenvalue weighted by molar-refractivity contribution is 0.577. The van der Waals surface area contributed by atoms with Crippen molar-refractivity contribution >= 4 is 33.5 Å². The first kappa shape index (κ1) is 18.3. The molecule has 0 saturated carbocycles. The lowest BCUT2D eigenvalue weighted by Crippen LogP contribution is -2.35. The van der Waals surface area contributed by atoms with Gasteiger partial charge in [-0.3, -0.25) is 10.4 Å². The molecule has 2 aromatic carbocycles. The predicted molar refractivity (Wildman–Crippen MR) is 121 cm³/mol. The van der Waals surface area contributed by atoms with Crippen LogP contribution in [-0.2, 0) is 12.8 Å². The third kappa shape index (κ3) is 3.29. The van der Waals surface area contributed by atoms with Crippen LogP contribution < -0.4 is 22.2 Å². The molecule has 0 fully saturated rings. The Kier molecular flexibility index (Phi) is 4.44. The number of anilines is 1. The summed E-state index contributed by atoms with van der Waals surface area (Å²) in [5.41, 5.74) is 22.3. The summed E-state index contributed by atoms with van der Waals surface area (Å²) < 4.78 is 0. The Hall–Kier alpha value is -3.71. The number of hydrazone groups is 1. The van der Waals surface area contributed by atoms with Crippen LogP contribution in [-0.4, -0.2) is 15.8 Å². The third-order valence-corrected chi connectivity index (χ3v) is 5.57. The highest BCUT2D eigenvalue weighted by Crippen LogP contribution is 2.28. The van der Waals surface area contributed by atoms with Crippen molar-refractivity contribution in [3.63, 3.8) is 0 Å². The predicted octanol–water partition coefficient (Wildman–Crippen LogP) is 3.04. The van der Waals surface area contributed by atoms with Crippen LogP contribution in [0.1, 0.15) is 27.8 Å². The molecule has 4 aromatic rings. The molecule has 7 heteroatoms. The number of nitrogens with zero attached hydrogens (tertiary/aromatic N) is 3. The first-order valence-electron chi connectivity index (χ1n) is 9.96. The number of hydrazine groups is 2. The van der Waals surface area contributed by atoms with Crippen molar-refractivity contribution in [2.45, 2.75) is 26.7 Å². The van der Waals surface area contributed by atoms with Crippen LogP contribution in [0.25, 0.3) is 21.8 Å². The fraction of sp³-hybridized carbons (Fsp3) is 0.174. The zero-order valence-electron chi connectivity index (χ0n) is 17.0. The van der Waals surface area contributed by atoms with E-state index in [9.17, 15) is 0 Å². The van der Waals surface area contributed by atoms with Gasteiger partial charge in [0.25, 0.3) is 0 Å². The van der Waals surface area contributed by atoms with Crippen LogP contribution in [0.2, 0.25) is 0 Å². The minimum Gasteiger partial charge on any atom is -0.382 e. The highest BCUT2D eigenvalue weighted by Gasteiger charge is 2.11. The summed E-state index contributed by atoms with van der Waals surface area (Å²) in [7, 11) is 0. The van der Waals surface area contributed by atoms with Crippen LogP contribution in [0.3, 0.4) is 0 Å². The van der Waals surface area contributed by atoms with Crippen LogP contribution in [0.5, 0.6) is 0 Å². The molecule has 0 radical (unpaired) electrons. The first-order valence-corrected chi connectivity index (χ1v) is 9.96. The lowest BCUT2D eigenvalue weighted by Gasteiger charge is -2.11. The average Bonchev–Trinajstić information content (AvgIpc) is 3.27. The SMILES string of the molecule is Cc1ccc2c(c1)nc(N)c1ncc(CCc3ccc(C4=NNNN4)cc3C)cc12. The van der Waals surface area contributed by atoms with E-state index in [-0.39, 0.29) is 0 Å². The van der Waals surface area contributed by atoms with Gasteiger partial charge in [0.2, 0.25) is 0 Å². The number of nitrogens with two attached hydrogens (primary N) is 1. The molecule has 0 atom stereocenters. The van der Waals surface area contributed by atoms with Crippen molar-refractivity contribution < 1.29 is 0 Å². The van der Waals surface area contributed by atoms with E-state index in [1.165, 1.54) is 22.3 Å². The van der Waals surface area contributed by atoms with Crippen molar-refractivity contribution in [1.82, 2.24) is 26.5 Å². The normalized spacial score (nSPS) is 13.3. The molecule has 30 heavy (non-hydrogen) atoms. The number of pyridine rings is 2. The van der Waals surface area contributed by atoms with Crippen LogP contribution >= 0.6 is 0 Å². The Bertz CT molecular complexity index is 1310. The van der Waals surface area contributed by atoms with Crippen LogP contribution in [0, 0.1) is 13.8 Å². The Labute approximate surface area is 174 Å². The molecule has 1 aliphatic heterocycles. The molecular formula is C23H23N7. The largest absolute Gasteiger partial charge is 0.382 e. The highest BCUT2D eigenvalue weighted by atomic mass is 15.8. The van der Waals surface area contributed by atoms with Gasteiger partial charge < -0.3 is 5.73 Å². The molecule has 150 valence electrons.